The zero-order valence-corrected chi connectivity index (χ0v) is 13.9. The molecule has 3 N–H and O–H groups in total. The van der Waals surface area contributed by atoms with Crippen molar-refractivity contribution in [2.45, 2.75) is 45.3 Å². The first kappa shape index (κ1) is 16.5. The Morgan fingerprint density at radius 3 is 2.75 bits per heavy atom. The second-order valence-corrected chi connectivity index (χ2v) is 6.88. The van der Waals surface area contributed by atoms with Crippen molar-refractivity contribution in [1.82, 2.24) is 9.55 Å². The maximum Gasteiger partial charge on any atom is 0.224 e. The van der Waals surface area contributed by atoms with Crippen LogP contribution >= 0.6 is 0 Å². The number of aromatic hydroxyl groups is 2. The van der Waals surface area contributed by atoms with Crippen LogP contribution in [0.3, 0.4) is 0 Å². The molecule has 6 heteroatoms. The number of nitrogens with zero attached hydrogens (tertiary/aromatic N) is 2. The van der Waals surface area contributed by atoms with E-state index in [1.807, 2.05) is 10.8 Å². The number of imidazole rings is 1. The fourth-order valence-electron chi connectivity index (χ4n) is 3.62. The molecule has 3 rings (SSSR count). The van der Waals surface area contributed by atoms with Gasteiger partial charge in [-0.05, 0) is 56.2 Å². The van der Waals surface area contributed by atoms with Crippen LogP contribution < -0.4 is 5.43 Å². The Labute approximate surface area is 140 Å². The maximum atomic E-state index is 11.8. The molecule has 1 heterocycles. The Hall–Kier alpha value is -2.34. The summed E-state index contributed by atoms with van der Waals surface area (Å²) in [4.78, 5) is 15.8. The first-order valence-corrected chi connectivity index (χ1v) is 8.05. The van der Waals surface area contributed by atoms with Gasteiger partial charge in [-0.3, -0.25) is 4.79 Å². The second kappa shape index (κ2) is 5.94. The van der Waals surface area contributed by atoms with Crippen LogP contribution in [0.5, 0.6) is 11.5 Å². The number of aromatic nitrogens is 2. The summed E-state index contributed by atoms with van der Waals surface area (Å²) in [6, 6.07) is 1.35. The van der Waals surface area contributed by atoms with Gasteiger partial charge in [-0.2, -0.15) is 0 Å². The molecule has 1 aliphatic carbocycles. The van der Waals surface area contributed by atoms with Gasteiger partial charge in [0.25, 0.3) is 0 Å². The Kier molecular flexibility index (Phi) is 4.09. The summed E-state index contributed by atoms with van der Waals surface area (Å²) in [5, 5.41) is 30.9. The molecule has 128 valence electrons. The van der Waals surface area contributed by atoms with E-state index in [4.69, 9.17) is 0 Å². The average Bonchev–Trinajstić information content (AvgIpc) is 3.02. The Morgan fingerprint density at radius 2 is 2.08 bits per heavy atom. The third-order valence-corrected chi connectivity index (χ3v) is 5.07. The molecule has 2 aromatic rings. The fourth-order valence-corrected chi connectivity index (χ4v) is 3.62. The summed E-state index contributed by atoms with van der Waals surface area (Å²) in [5.41, 5.74) is 0.653. The average molecular weight is 330 g/mol. The first-order valence-electron chi connectivity index (χ1n) is 8.05. The maximum absolute atomic E-state index is 11.8. The predicted molar refractivity (Wildman–Crippen MR) is 89.1 cm³/mol. The van der Waals surface area contributed by atoms with Crippen LogP contribution in [0.2, 0.25) is 0 Å². The summed E-state index contributed by atoms with van der Waals surface area (Å²) in [6.07, 6.45) is 6.87. The van der Waals surface area contributed by atoms with Crippen molar-refractivity contribution >= 4 is 0 Å². The summed E-state index contributed by atoms with van der Waals surface area (Å²) < 4.78 is 1.84. The van der Waals surface area contributed by atoms with E-state index in [0.29, 0.717) is 31.4 Å². The molecule has 1 aromatic heterocycles. The number of hydrogen-bond donors (Lipinski definition) is 3. The van der Waals surface area contributed by atoms with E-state index < -0.39 is 16.8 Å². The number of fused-ring (bicyclic) bond motifs is 1. The van der Waals surface area contributed by atoms with Crippen molar-refractivity contribution in [2.75, 3.05) is 0 Å². The van der Waals surface area contributed by atoms with Gasteiger partial charge in [-0.15, -0.1) is 0 Å². The highest BCUT2D eigenvalue weighted by atomic mass is 16.3. The smallest absolute Gasteiger partial charge is 0.224 e. The summed E-state index contributed by atoms with van der Waals surface area (Å²) in [5.74, 6) is -0.941. The lowest BCUT2D eigenvalue weighted by atomic mass is 9.74. The van der Waals surface area contributed by atoms with Crippen molar-refractivity contribution in [1.29, 1.82) is 0 Å². The van der Waals surface area contributed by atoms with Gasteiger partial charge >= 0.3 is 0 Å². The Morgan fingerprint density at radius 1 is 1.33 bits per heavy atom. The highest BCUT2D eigenvalue weighted by Gasteiger charge is 2.36. The molecule has 0 radical (unpaired) electrons. The third kappa shape index (κ3) is 2.89. The molecule has 0 aliphatic heterocycles. The lowest BCUT2D eigenvalue weighted by Crippen LogP contribution is -2.41. The van der Waals surface area contributed by atoms with Gasteiger partial charge in [0.1, 0.15) is 0 Å². The largest absolute Gasteiger partial charge is 0.504 e. The van der Waals surface area contributed by atoms with Crippen LogP contribution in [-0.2, 0) is 19.4 Å². The number of hydrogen-bond acceptors (Lipinski definition) is 5. The van der Waals surface area contributed by atoms with Gasteiger partial charge in [0.15, 0.2) is 5.75 Å². The molecule has 0 saturated heterocycles. The molecule has 2 atom stereocenters. The zero-order chi connectivity index (χ0) is 17.5. The van der Waals surface area contributed by atoms with E-state index in [0.717, 1.165) is 11.1 Å². The van der Waals surface area contributed by atoms with Crippen LogP contribution in [0.15, 0.2) is 29.6 Å². The lowest BCUT2D eigenvalue weighted by Gasteiger charge is -2.36. The minimum Gasteiger partial charge on any atom is -0.504 e. The minimum atomic E-state index is -0.947. The highest BCUT2D eigenvalue weighted by molar-refractivity contribution is 5.51. The van der Waals surface area contributed by atoms with Gasteiger partial charge in [0.05, 0.1) is 18.5 Å². The molecule has 0 bridgehead atoms. The SMILES string of the molecule is Cc1cc(=O)c(O)c(O)c2c1C[C@@H](C(C)(O)Cn1ccnc1)CC2. The standard InChI is InChI=1S/C18H22N2O4/c1-11-7-15(21)17(23)16(22)13-4-3-12(8-14(11)13)18(2,24)9-20-6-5-19-10-20/h5-7,10,12,24H,3-4,8-9H2,1-2H3,(H2,21,22,23)/t12-,18?/m0/s1. The first-order chi connectivity index (χ1) is 11.3. The lowest BCUT2D eigenvalue weighted by molar-refractivity contribution is -0.0220. The Balaban J connectivity index is 1.96. The van der Waals surface area contributed by atoms with Crippen molar-refractivity contribution in [3.63, 3.8) is 0 Å². The topological polar surface area (TPSA) is 95.6 Å². The van der Waals surface area contributed by atoms with Gasteiger partial charge < -0.3 is 19.9 Å². The molecule has 0 saturated carbocycles. The monoisotopic (exact) mass is 330 g/mol. The second-order valence-electron chi connectivity index (χ2n) is 6.88. The normalized spacial score (nSPS) is 19.5. The summed E-state index contributed by atoms with van der Waals surface area (Å²) >= 11 is 0. The molecule has 0 fully saturated rings. The fraction of sp³-hybridized carbons (Fsp3) is 0.444. The molecule has 0 spiro atoms. The van der Waals surface area contributed by atoms with E-state index >= 15 is 0 Å². The van der Waals surface area contributed by atoms with Gasteiger partial charge in [0.2, 0.25) is 11.2 Å². The van der Waals surface area contributed by atoms with E-state index in [9.17, 15) is 20.1 Å². The molecule has 1 aliphatic rings. The van der Waals surface area contributed by atoms with Crippen molar-refractivity contribution < 1.29 is 15.3 Å². The van der Waals surface area contributed by atoms with E-state index in [2.05, 4.69) is 4.98 Å². The molecule has 1 aromatic carbocycles. The molecule has 1 unspecified atom stereocenters. The van der Waals surface area contributed by atoms with E-state index in [1.54, 1.807) is 26.4 Å². The van der Waals surface area contributed by atoms with Crippen LogP contribution in [0.4, 0.5) is 0 Å². The number of rotatable bonds is 3. The van der Waals surface area contributed by atoms with Gasteiger partial charge in [0, 0.05) is 18.0 Å². The quantitative estimate of drug-likeness (QED) is 0.793. The third-order valence-electron chi connectivity index (χ3n) is 5.07. The van der Waals surface area contributed by atoms with Gasteiger partial charge in [-0.1, -0.05) is 0 Å². The molecule has 6 nitrogen and oxygen atoms in total. The zero-order valence-electron chi connectivity index (χ0n) is 13.9. The van der Waals surface area contributed by atoms with E-state index in [1.165, 1.54) is 6.07 Å². The predicted octanol–water partition coefficient (Wildman–Crippen LogP) is 1.52. The number of aliphatic hydroxyl groups is 1. The van der Waals surface area contributed by atoms with Gasteiger partial charge in [-0.25, -0.2) is 4.98 Å². The van der Waals surface area contributed by atoms with Crippen LogP contribution in [0.25, 0.3) is 0 Å². The van der Waals surface area contributed by atoms with Crippen molar-refractivity contribution in [2.24, 2.45) is 5.92 Å². The van der Waals surface area contributed by atoms with Crippen LogP contribution in [-0.4, -0.2) is 30.5 Å². The molecular weight excluding hydrogens is 308 g/mol. The highest BCUT2D eigenvalue weighted by Crippen LogP contribution is 2.39. The van der Waals surface area contributed by atoms with E-state index in [-0.39, 0.29) is 11.7 Å². The number of aryl methyl sites for hydroxylation is 1. The Bertz CT molecular complexity index is 813. The van der Waals surface area contributed by atoms with Crippen LogP contribution in [0.1, 0.15) is 30.0 Å². The summed E-state index contributed by atoms with van der Waals surface area (Å²) in [7, 11) is 0. The van der Waals surface area contributed by atoms with Crippen LogP contribution in [0, 0.1) is 12.8 Å². The summed E-state index contributed by atoms with van der Waals surface area (Å²) in [6.45, 7) is 4.03. The van der Waals surface area contributed by atoms with Crippen molar-refractivity contribution in [3.8, 4) is 11.5 Å². The molecular formula is C18H22N2O4. The minimum absolute atomic E-state index is 0.0230. The van der Waals surface area contributed by atoms with Crippen molar-refractivity contribution in [3.05, 3.63) is 51.7 Å². The molecule has 0 amide bonds. The molecule has 24 heavy (non-hydrogen) atoms.